The summed E-state index contributed by atoms with van der Waals surface area (Å²) in [4.78, 5) is 18.7. The van der Waals surface area contributed by atoms with Gasteiger partial charge in [0.2, 0.25) is 5.91 Å². The second-order valence-electron chi connectivity index (χ2n) is 6.12. The number of anilines is 1. The number of fused-ring (bicyclic) bond motifs is 1. The molecule has 0 unspecified atom stereocenters. The number of benzene rings is 2. The van der Waals surface area contributed by atoms with Crippen molar-refractivity contribution in [2.75, 3.05) is 11.4 Å². The number of amides is 1. The molecule has 1 saturated heterocycles. The highest BCUT2D eigenvalue weighted by molar-refractivity contribution is 9.10. The van der Waals surface area contributed by atoms with E-state index < -0.39 is 0 Å². The fraction of sp³-hybridized carbons (Fsp3) is 0.200. The van der Waals surface area contributed by atoms with Crippen LogP contribution in [0, 0.1) is 6.92 Å². The van der Waals surface area contributed by atoms with Crippen LogP contribution in [0.4, 0.5) is 5.69 Å². The maximum absolute atomic E-state index is 12.0. The van der Waals surface area contributed by atoms with Gasteiger partial charge in [0, 0.05) is 34.1 Å². The zero-order chi connectivity index (χ0) is 16.7. The van der Waals surface area contributed by atoms with E-state index in [9.17, 15) is 4.79 Å². The molecule has 3 nitrogen and oxygen atoms in total. The summed E-state index contributed by atoms with van der Waals surface area (Å²) < 4.78 is 1.01. The smallest absolute Gasteiger partial charge is 0.227 e. The molecular formula is C20H17BrN2O. The number of hydrogen-bond donors (Lipinski definition) is 0. The molecule has 0 spiro atoms. The number of rotatable bonds is 2. The number of nitrogens with zero attached hydrogens (tertiary/aromatic N) is 2. The van der Waals surface area contributed by atoms with Crippen molar-refractivity contribution in [2.45, 2.75) is 19.8 Å². The van der Waals surface area contributed by atoms with Crippen LogP contribution < -0.4 is 4.90 Å². The lowest BCUT2D eigenvalue weighted by molar-refractivity contribution is -0.117. The predicted molar refractivity (Wildman–Crippen MR) is 101 cm³/mol. The molecule has 120 valence electrons. The normalized spacial score (nSPS) is 14.6. The van der Waals surface area contributed by atoms with Crippen LogP contribution in [0.1, 0.15) is 18.4 Å². The Balaban J connectivity index is 1.86. The third kappa shape index (κ3) is 2.51. The molecule has 24 heavy (non-hydrogen) atoms. The summed E-state index contributed by atoms with van der Waals surface area (Å²) in [7, 11) is 0. The first-order valence-corrected chi connectivity index (χ1v) is 8.90. The average molecular weight is 381 g/mol. The monoisotopic (exact) mass is 380 g/mol. The lowest BCUT2D eigenvalue weighted by atomic mass is 10.0. The van der Waals surface area contributed by atoms with E-state index in [1.165, 1.54) is 5.56 Å². The summed E-state index contributed by atoms with van der Waals surface area (Å²) in [5.74, 6) is 0.203. The van der Waals surface area contributed by atoms with E-state index in [4.69, 9.17) is 4.98 Å². The molecule has 1 amide bonds. The van der Waals surface area contributed by atoms with Crippen LogP contribution in [0.3, 0.4) is 0 Å². The van der Waals surface area contributed by atoms with Gasteiger partial charge in [-0.05, 0) is 53.0 Å². The van der Waals surface area contributed by atoms with Crippen LogP contribution in [0.15, 0.2) is 53.0 Å². The molecule has 0 radical (unpaired) electrons. The van der Waals surface area contributed by atoms with Crippen LogP contribution in [0.2, 0.25) is 0 Å². The van der Waals surface area contributed by atoms with Gasteiger partial charge in [0.05, 0.1) is 11.2 Å². The van der Waals surface area contributed by atoms with Gasteiger partial charge >= 0.3 is 0 Å². The Kier molecular flexibility index (Phi) is 3.85. The van der Waals surface area contributed by atoms with Crippen molar-refractivity contribution >= 4 is 38.4 Å². The fourth-order valence-electron chi connectivity index (χ4n) is 3.29. The van der Waals surface area contributed by atoms with E-state index in [0.29, 0.717) is 6.42 Å². The Bertz CT molecular complexity index is 952. The van der Waals surface area contributed by atoms with Gasteiger partial charge in [0.25, 0.3) is 0 Å². The SMILES string of the molecule is Cc1c(Br)c(-c2cccc(N3CCCC3=O)c2)nc2ccccc12. The number of carbonyl (C=O) groups excluding carboxylic acids is 1. The molecule has 0 aliphatic carbocycles. The van der Waals surface area contributed by atoms with Crippen LogP contribution in [0.5, 0.6) is 0 Å². The average Bonchev–Trinajstić information content (AvgIpc) is 3.04. The third-order valence-corrected chi connectivity index (χ3v) is 5.55. The number of pyridine rings is 1. The molecule has 0 saturated carbocycles. The van der Waals surface area contributed by atoms with Gasteiger partial charge in [0.15, 0.2) is 0 Å². The molecule has 0 N–H and O–H groups in total. The van der Waals surface area contributed by atoms with Crippen LogP contribution in [0.25, 0.3) is 22.2 Å². The maximum Gasteiger partial charge on any atom is 0.227 e. The van der Waals surface area contributed by atoms with E-state index >= 15 is 0 Å². The van der Waals surface area contributed by atoms with Gasteiger partial charge in [-0.1, -0.05) is 30.3 Å². The molecular weight excluding hydrogens is 364 g/mol. The molecule has 1 aliphatic heterocycles. The summed E-state index contributed by atoms with van der Waals surface area (Å²) in [5.41, 5.74) is 5.05. The molecule has 2 aromatic carbocycles. The Morgan fingerprint density at radius 1 is 1.12 bits per heavy atom. The van der Waals surface area contributed by atoms with Gasteiger partial charge in [-0.2, -0.15) is 0 Å². The first-order valence-electron chi connectivity index (χ1n) is 8.11. The van der Waals surface area contributed by atoms with Gasteiger partial charge in [-0.3, -0.25) is 4.79 Å². The quantitative estimate of drug-likeness (QED) is 0.619. The standard InChI is InChI=1S/C20H17BrN2O/c1-13-16-8-2-3-9-17(16)22-20(19(13)21)14-6-4-7-15(12-14)23-11-5-10-18(23)24/h2-4,6-9,12H,5,10-11H2,1H3. The van der Waals surface area contributed by atoms with Gasteiger partial charge in [0.1, 0.15) is 0 Å². The van der Waals surface area contributed by atoms with Crippen molar-refractivity contribution in [3.63, 3.8) is 0 Å². The van der Waals surface area contributed by atoms with Crippen molar-refractivity contribution in [3.05, 3.63) is 58.6 Å². The molecule has 1 aromatic heterocycles. The van der Waals surface area contributed by atoms with E-state index in [1.807, 2.05) is 41.3 Å². The zero-order valence-electron chi connectivity index (χ0n) is 13.4. The molecule has 3 aromatic rings. The molecule has 0 atom stereocenters. The third-order valence-electron chi connectivity index (χ3n) is 4.58. The lowest BCUT2D eigenvalue weighted by Crippen LogP contribution is -2.23. The van der Waals surface area contributed by atoms with Crippen molar-refractivity contribution in [2.24, 2.45) is 0 Å². The molecule has 0 bridgehead atoms. The van der Waals surface area contributed by atoms with Crippen molar-refractivity contribution in [1.82, 2.24) is 4.98 Å². The molecule has 4 rings (SSSR count). The van der Waals surface area contributed by atoms with Crippen molar-refractivity contribution in [1.29, 1.82) is 0 Å². The van der Waals surface area contributed by atoms with E-state index in [0.717, 1.165) is 45.3 Å². The zero-order valence-corrected chi connectivity index (χ0v) is 15.0. The topological polar surface area (TPSA) is 33.2 Å². The summed E-state index contributed by atoms with van der Waals surface area (Å²) in [6, 6.07) is 16.3. The highest BCUT2D eigenvalue weighted by Crippen LogP contribution is 2.35. The Labute approximate surface area is 149 Å². The highest BCUT2D eigenvalue weighted by Gasteiger charge is 2.22. The number of carbonyl (C=O) groups is 1. The number of aryl methyl sites for hydroxylation is 1. The second-order valence-corrected chi connectivity index (χ2v) is 6.91. The van der Waals surface area contributed by atoms with E-state index in [-0.39, 0.29) is 5.91 Å². The number of halogens is 1. The summed E-state index contributed by atoms with van der Waals surface area (Å²) in [6.45, 7) is 2.90. The van der Waals surface area contributed by atoms with Crippen LogP contribution >= 0.6 is 15.9 Å². The number of hydrogen-bond acceptors (Lipinski definition) is 2. The Morgan fingerprint density at radius 2 is 1.96 bits per heavy atom. The minimum atomic E-state index is 0.203. The van der Waals surface area contributed by atoms with E-state index in [2.05, 4.69) is 35.0 Å². The van der Waals surface area contributed by atoms with Crippen LogP contribution in [-0.2, 0) is 4.79 Å². The molecule has 4 heteroatoms. The minimum Gasteiger partial charge on any atom is -0.312 e. The largest absolute Gasteiger partial charge is 0.312 e. The first kappa shape index (κ1) is 15.3. The highest BCUT2D eigenvalue weighted by atomic mass is 79.9. The van der Waals surface area contributed by atoms with E-state index in [1.54, 1.807) is 0 Å². The van der Waals surface area contributed by atoms with Gasteiger partial charge in [-0.15, -0.1) is 0 Å². The molecule has 1 aliphatic rings. The number of aromatic nitrogens is 1. The maximum atomic E-state index is 12.0. The fourth-order valence-corrected chi connectivity index (χ4v) is 3.82. The molecule has 2 heterocycles. The Morgan fingerprint density at radius 3 is 2.75 bits per heavy atom. The first-order chi connectivity index (χ1) is 11.6. The summed E-state index contributed by atoms with van der Waals surface area (Å²) >= 11 is 3.71. The van der Waals surface area contributed by atoms with Crippen molar-refractivity contribution in [3.8, 4) is 11.3 Å². The predicted octanol–water partition coefficient (Wildman–Crippen LogP) is 5.10. The minimum absolute atomic E-state index is 0.203. The summed E-state index contributed by atoms with van der Waals surface area (Å²) in [5, 5.41) is 1.15. The number of para-hydroxylation sites is 1. The van der Waals surface area contributed by atoms with Crippen LogP contribution in [-0.4, -0.2) is 17.4 Å². The lowest BCUT2D eigenvalue weighted by Gasteiger charge is -2.17. The summed E-state index contributed by atoms with van der Waals surface area (Å²) in [6.07, 6.45) is 1.57. The van der Waals surface area contributed by atoms with Crippen molar-refractivity contribution < 1.29 is 4.79 Å². The molecule has 1 fully saturated rings. The Hall–Kier alpha value is -2.20. The second kappa shape index (κ2) is 6.02. The van der Waals surface area contributed by atoms with Gasteiger partial charge in [-0.25, -0.2) is 4.98 Å². The van der Waals surface area contributed by atoms with Gasteiger partial charge < -0.3 is 4.90 Å².